The molecule has 0 saturated heterocycles. The van der Waals surface area contributed by atoms with Gasteiger partial charge in [-0.05, 0) is 62.8 Å². The number of carboxylic acid groups (broad SMARTS) is 1. The summed E-state index contributed by atoms with van der Waals surface area (Å²) in [4.78, 5) is 53.1. The third kappa shape index (κ3) is 6.55. The number of aryl methyl sites for hydroxylation is 1. The first kappa shape index (κ1) is 32.1. The Morgan fingerprint density at radius 3 is 2.45 bits per heavy atom. The number of nitro groups is 1. The molecule has 0 saturated carbocycles. The summed E-state index contributed by atoms with van der Waals surface area (Å²) in [7, 11) is -4.16. The highest BCUT2D eigenvalue weighted by atomic mass is 32.2. The Balaban J connectivity index is 1.64. The molecule has 1 aliphatic rings. The van der Waals surface area contributed by atoms with E-state index in [2.05, 4.69) is 34.4 Å². The van der Waals surface area contributed by atoms with Crippen LogP contribution >= 0.6 is 0 Å². The molecule has 4 N–H and O–H groups in total. The van der Waals surface area contributed by atoms with Gasteiger partial charge in [0.2, 0.25) is 0 Å². The summed E-state index contributed by atoms with van der Waals surface area (Å²) in [6, 6.07) is 7.07. The minimum Gasteiger partial charge on any atom is -0.478 e. The fourth-order valence-electron chi connectivity index (χ4n) is 5.14. The number of nitro benzene ring substituents is 1. The van der Waals surface area contributed by atoms with Crippen LogP contribution in [0.5, 0.6) is 0 Å². The molecule has 4 rings (SSSR count). The molecule has 0 unspecified atom stereocenters. The number of aromatic carboxylic acids is 1. The van der Waals surface area contributed by atoms with Gasteiger partial charge in [-0.2, -0.15) is 0 Å². The van der Waals surface area contributed by atoms with E-state index in [4.69, 9.17) is 5.11 Å². The Morgan fingerprint density at radius 1 is 1.11 bits per heavy atom. The zero-order valence-corrected chi connectivity index (χ0v) is 25.5. The van der Waals surface area contributed by atoms with Crippen LogP contribution in [0, 0.1) is 24.0 Å². The maximum Gasteiger partial charge on any atom is 0.335 e. The standard InChI is InChI=1S/C30H33N5O8S/c1-5-34(6-2)12-11-31-29(37)27-17(3)25(32-18(27)4)15-23-22-14-21(9-10-24(22)33-28(23)36)44(42,43)16-20-8-7-19(30(38)39)13-26(20)35(40)41/h7-10,13-15,32H,5-6,11-12,16H2,1-4H3,(H,31,37)(H,33,36)(H,38,39)/b23-15-. The molecule has 0 radical (unpaired) electrons. The van der Waals surface area contributed by atoms with Crippen LogP contribution in [0.15, 0.2) is 41.3 Å². The SMILES string of the molecule is CCN(CC)CCNC(=O)c1c(C)[nH]c(/C=C2\C(=O)Nc3ccc(S(=O)(=O)Cc4ccc(C(=O)O)cc4[N+](=O)[O-])cc32)c1C. The van der Waals surface area contributed by atoms with Crippen molar-refractivity contribution in [1.29, 1.82) is 0 Å². The largest absolute Gasteiger partial charge is 0.478 e. The number of likely N-dealkylation sites (N-methyl/N-ethyl adjacent to an activating group) is 1. The van der Waals surface area contributed by atoms with Crippen molar-refractivity contribution in [3.05, 3.63) is 85.7 Å². The number of rotatable bonds is 12. The third-order valence-corrected chi connectivity index (χ3v) is 9.27. The molecule has 2 aromatic carbocycles. The van der Waals surface area contributed by atoms with E-state index in [0.717, 1.165) is 31.3 Å². The van der Waals surface area contributed by atoms with Crippen molar-refractivity contribution in [3.8, 4) is 0 Å². The summed E-state index contributed by atoms with van der Waals surface area (Å²) in [6.07, 6.45) is 1.56. The first-order valence-corrected chi connectivity index (χ1v) is 15.5. The summed E-state index contributed by atoms with van der Waals surface area (Å²) >= 11 is 0. The molecule has 232 valence electrons. The lowest BCUT2D eigenvalue weighted by Gasteiger charge is -2.18. The van der Waals surface area contributed by atoms with Gasteiger partial charge in [0.05, 0.1) is 32.3 Å². The van der Waals surface area contributed by atoms with Crippen molar-refractivity contribution in [2.45, 2.75) is 38.3 Å². The van der Waals surface area contributed by atoms with E-state index >= 15 is 0 Å². The van der Waals surface area contributed by atoms with Gasteiger partial charge in [0.25, 0.3) is 17.5 Å². The third-order valence-electron chi connectivity index (χ3n) is 7.61. The number of nitrogens with one attached hydrogen (secondary N) is 3. The lowest BCUT2D eigenvalue weighted by atomic mass is 10.0. The highest BCUT2D eigenvalue weighted by Crippen LogP contribution is 2.36. The average Bonchev–Trinajstić information content (AvgIpc) is 3.43. The highest BCUT2D eigenvalue weighted by molar-refractivity contribution is 7.90. The van der Waals surface area contributed by atoms with Gasteiger partial charge >= 0.3 is 5.97 Å². The number of anilines is 1. The van der Waals surface area contributed by atoms with Gasteiger partial charge in [-0.3, -0.25) is 19.7 Å². The summed E-state index contributed by atoms with van der Waals surface area (Å²) in [5, 5.41) is 26.4. The molecule has 2 heterocycles. The Morgan fingerprint density at radius 2 is 1.82 bits per heavy atom. The van der Waals surface area contributed by atoms with Gasteiger partial charge in [-0.1, -0.05) is 19.9 Å². The van der Waals surface area contributed by atoms with Crippen molar-refractivity contribution < 1.29 is 32.8 Å². The maximum atomic E-state index is 13.4. The van der Waals surface area contributed by atoms with Crippen LogP contribution in [0.25, 0.3) is 11.6 Å². The summed E-state index contributed by atoms with van der Waals surface area (Å²) in [5.74, 6) is -2.85. The quantitative estimate of drug-likeness (QED) is 0.132. The number of carbonyl (C=O) groups excluding carboxylic acids is 2. The molecule has 14 heteroatoms. The fourth-order valence-corrected chi connectivity index (χ4v) is 6.53. The molecule has 0 bridgehead atoms. The number of sulfone groups is 1. The van der Waals surface area contributed by atoms with E-state index in [-0.39, 0.29) is 27.5 Å². The normalized spacial score (nSPS) is 13.7. The number of hydrogen-bond acceptors (Lipinski definition) is 8. The molecule has 1 aromatic heterocycles. The van der Waals surface area contributed by atoms with E-state index in [9.17, 15) is 32.9 Å². The number of nitrogens with zero attached hydrogens (tertiary/aromatic N) is 2. The van der Waals surface area contributed by atoms with Gasteiger partial charge in [0, 0.05) is 47.4 Å². The van der Waals surface area contributed by atoms with Gasteiger partial charge in [-0.15, -0.1) is 0 Å². The second kappa shape index (κ2) is 12.8. The van der Waals surface area contributed by atoms with Gasteiger partial charge in [0.1, 0.15) is 0 Å². The number of hydrogen-bond donors (Lipinski definition) is 4. The first-order valence-electron chi connectivity index (χ1n) is 13.9. The number of aromatic amines is 1. The molecule has 2 amide bonds. The fraction of sp³-hybridized carbons (Fsp3) is 0.300. The number of carboxylic acids is 1. The van der Waals surface area contributed by atoms with E-state index < -0.39 is 38.1 Å². The Kier molecular flexibility index (Phi) is 9.35. The number of benzene rings is 2. The number of carbonyl (C=O) groups is 3. The molecule has 0 spiro atoms. The van der Waals surface area contributed by atoms with Crippen molar-refractivity contribution >= 4 is 50.6 Å². The van der Waals surface area contributed by atoms with Crippen molar-refractivity contribution in [1.82, 2.24) is 15.2 Å². The lowest BCUT2D eigenvalue weighted by molar-refractivity contribution is -0.385. The van der Waals surface area contributed by atoms with E-state index in [1.54, 1.807) is 19.9 Å². The zero-order valence-electron chi connectivity index (χ0n) is 24.7. The molecular formula is C30H33N5O8S. The molecule has 3 aromatic rings. The van der Waals surface area contributed by atoms with E-state index in [0.29, 0.717) is 46.9 Å². The van der Waals surface area contributed by atoms with Crippen LogP contribution in [0.4, 0.5) is 11.4 Å². The second-order valence-electron chi connectivity index (χ2n) is 10.3. The highest BCUT2D eigenvalue weighted by Gasteiger charge is 2.29. The van der Waals surface area contributed by atoms with Gasteiger partial charge in [0.15, 0.2) is 9.84 Å². The van der Waals surface area contributed by atoms with Crippen molar-refractivity contribution in [3.63, 3.8) is 0 Å². The summed E-state index contributed by atoms with van der Waals surface area (Å²) in [5.41, 5.74) is 1.92. The molecule has 1 aliphatic heterocycles. The number of fused-ring (bicyclic) bond motifs is 1. The Hall–Kier alpha value is -4.82. The molecule has 0 fully saturated rings. The molecular weight excluding hydrogens is 590 g/mol. The smallest absolute Gasteiger partial charge is 0.335 e. The van der Waals surface area contributed by atoms with Crippen LogP contribution in [-0.2, 0) is 20.4 Å². The molecule has 13 nitrogen and oxygen atoms in total. The van der Waals surface area contributed by atoms with E-state index in [1.807, 2.05) is 0 Å². The molecule has 0 aliphatic carbocycles. The van der Waals surface area contributed by atoms with Crippen LogP contribution < -0.4 is 10.6 Å². The Bertz CT molecular complexity index is 1810. The average molecular weight is 624 g/mol. The van der Waals surface area contributed by atoms with E-state index in [1.165, 1.54) is 18.2 Å². The maximum absolute atomic E-state index is 13.4. The Labute approximate surface area is 254 Å². The summed E-state index contributed by atoms with van der Waals surface area (Å²) in [6.45, 7) is 10.5. The second-order valence-corrected chi connectivity index (χ2v) is 12.3. The zero-order chi connectivity index (χ0) is 32.3. The van der Waals surface area contributed by atoms with Gasteiger partial charge < -0.3 is 25.6 Å². The minimum atomic E-state index is -4.16. The molecule has 44 heavy (non-hydrogen) atoms. The monoisotopic (exact) mass is 623 g/mol. The summed E-state index contributed by atoms with van der Waals surface area (Å²) < 4.78 is 26.7. The number of amides is 2. The lowest BCUT2D eigenvalue weighted by Crippen LogP contribution is -2.35. The number of H-pyrrole nitrogens is 1. The van der Waals surface area contributed by atoms with Gasteiger partial charge in [-0.25, -0.2) is 13.2 Å². The topological polar surface area (TPSA) is 192 Å². The van der Waals surface area contributed by atoms with Crippen LogP contribution in [0.2, 0.25) is 0 Å². The number of aromatic nitrogens is 1. The first-order chi connectivity index (χ1) is 20.8. The predicted octanol–water partition coefficient (Wildman–Crippen LogP) is 3.78. The van der Waals surface area contributed by atoms with Crippen molar-refractivity contribution in [2.24, 2.45) is 0 Å². The van der Waals surface area contributed by atoms with Crippen molar-refractivity contribution in [2.75, 3.05) is 31.5 Å². The minimum absolute atomic E-state index is 0.173. The van der Waals surface area contributed by atoms with Crippen LogP contribution in [0.1, 0.15) is 62.6 Å². The molecule has 0 atom stereocenters. The van der Waals surface area contributed by atoms with Crippen LogP contribution in [-0.4, -0.2) is 72.3 Å². The van der Waals surface area contributed by atoms with Crippen LogP contribution in [0.3, 0.4) is 0 Å². The predicted molar refractivity (Wildman–Crippen MR) is 164 cm³/mol.